The van der Waals surface area contributed by atoms with E-state index in [4.69, 9.17) is 4.74 Å². The number of ether oxygens (including phenoxy) is 1. The number of carbonyl (C=O) groups is 1. The Morgan fingerprint density at radius 2 is 1.89 bits per heavy atom. The summed E-state index contributed by atoms with van der Waals surface area (Å²) in [5, 5.41) is 2.93. The number of pyridine rings is 2. The zero-order valence-electron chi connectivity index (χ0n) is 20.8. The van der Waals surface area contributed by atoms with Crippen molar-refractivity contribution < 1.29 is 27.1 Å². The molecule has 11 heteroatoms. The Kier molecular flexibility index (Phi) is 8.20. The highest BCUT2D eigenvalue weighted by atomic mass is 19.4. The molecule has 0 bridgehead atoms. The maximum absolute atomic E-state index is 15.6. The molecule has 1 N–H and O–H groups in total. The second-order valence-corrected chi connectivity index (χ2v) is 9.96. The van der Waals surface area contributed by atoms with Gasteiger partial charge < -0.3 is 19.5 Å². The van der Waals surface area contributed by atoms with Gasteiger partial charge in [0.25, 0.3) is 11.5 Å². The van der Waals surface area contributed by atoms with Gasteiger partial charge in [-0.3, -0.25) is 9.59 Å². The average molecular weight is 525 g/mol. The minimum absolute atomic E-state index is 0.0365. The predicted molar refractivity (Wildman–Crippen MR) is 129 cm³/mol. The molecule has 4 rings (SSSR count). The lowest BCUT2D eigenvalue weighted by molar-refractivity contribution is -0.154. The first-order chi connectivity index (χ1) is 17.5. The van der Waals surface area contributed by atoms with E-state index in [9.17, 15) is 22.8 Å². The van der Waals surface area contributed by atoms with Crippen LogP contribution in [0.15, 0.2) is 35.1 Å². The fourth-order valence-corrected chi connectivity index (χ4v) is 5.01. The molecule has 1 fully saturated rings. The Bertz CT molecular complexity index is 1160. The highest BCUT2D eigenvalue weighted by Gasteiger charge is 2.36. The Morgan fingerprint density at radius 3 is 2.62 bits per heavy atom. The molecule has 1 amide bonds. The Balaban J connectivity index is 1.23. The van der Waals surface area contributed by atoms with Gasteiger partial charge in [-0.05, 0) is 50.2 Å². The van der Waals surface area contributed by atoms with Crippen LogP contribution in [0.25, 0.3) is 0 Å². The van der Waals surface area contributed by atoms with Crippen molar-refractivity contribution in [1.82, 2.24) is 19.8 Å². The van der Waals surface area contributed by atoms with Crippen LogP contribution in [0.4, 0.5) is 17.6 Å². The number of amides is 1. The standard InChI is InChI=1S/C26H32F4N4O3/c1-33-21(3-2-4-23(33)35)24(36)31-19-7-11-25(27,12-8-19)13-16-34-14-9-18-5-6-22(32-20(18)10-15-34)37-17-26(28,29)30/h2-6,19H,7-17H2,1H3,(H,31,36). The first-order valence-electron chi connectivity index (χ1n) is 12.6. The summed E-state index contributed by atoms with van der Waals surface area (Å²) in [4.78, 5) is 30.8. The molecule has 7 nitrogen and oxygen atoms in total. The van der Waals surface area contributed by atoms with E-state index in [0.717, 1.165) is 17.8 Å². The third kappa shape index (κ3) is 7.30. The SMILES string of the molecule is Cn1c(C(=O)NC2CCC(F)(CCN3CCc4ccc(OCC(F)(F)F)nc4CC3)CC2)cccc1=O. The summed E-state index contributed by atoms with van der Waals surface area (Å²) >= 11 is 0. The average Bonchev–Trinajstić information content (AvgIpc) is 3.06. The molecule has 0 saturated heterocycles. The summed E-state index contributed by atoms with van der Waals surface area (Å²) in [6.07, 6.45) is -1.03. The van der Waals surface area contributed by atoms with Gasteiger partial charge in [0.05, 0.1) is 0 Å². The number of aromatic nitrogens is 2. The van der Waals surface area contributed by atoms with Crippen molar-refractivity contribution in [3.63, 3.8) is 0 Å². The topological polar surface area (TPSA) is 76.5 Å². The van der Waals surface area contributed by atoms with E-state index in [1.807, 2.05) is 0 Å². The predicted octanol–water partition coefficient (Wildman–Crippen LogP) is 3.59. The molecular formula is C26H32F4N4O3. The van der Waals surface area contributed by atoms with Crippen LogP contribution >= 0.6 is 0 Å². The van der Waals surface area contributed by atoms with Crippen LogP contribution in [-0.2, 0) is 19.9 Å². The summed E-state index contributed by atoms with van der Waals surface area (Å²) in [6, 6.07) is 7.60. The zero-order valence-corrected chi connectivity index (χ0v) is 20.8. The van der Waals surface area contributed by atoms with Crippen LogP contribution in [0.1, 0.15) is 53.8 Å². The number of carbonyl (C=O) groups excluding carboxylic acids is 1. The van der Waals surface area contributed by atoms with E-state index in [1.54, 1.807) is 25.2 Å². The second-order valence-electron chi connectivity index (χ2n) is 9.96. The molecule has 2 aromatic heterocycles. The van der Waals surface area contributed by atoms with E-state index < -0.39 is 18.5 Å². The van der Waals surface area contributed by atoms with Crippen LogP contribution in [0.3, 0.4) is 0 Å². The number of rotatable bonds is 7. The van der Waals surface area contributed by atoms with E-state index in [1.165, 1.54) is 16.7 Å². The molecule has 1 saturated carbocycles. The number of halogens is 4. The molecular weight excluding hydrogens is 492 g/mol. The molecule has 0 spiro atoms. The van der Waals surface area contributed by atoms with Gasteiger partial charge in [-0.2, -0.15) is 13.2 Å². The summed E-state index contributed by atoms with van der Waals surface area (Å²) in [7, 11) is 1.54. The van der Waals surface area contributed by atoms with Crippen molar-refractivity contribution in [1.29, 1.82) is 0 Å². The van der Waals surface area contributed by atoms with Crippen LogP contribution in [0.5, 0.6) is 5.88 Å². The summed E-state index contributed by atoms with van der Waals surface area (Å²) in [5.41, 5.74) is 0.409. The van der Waals surface area contributed by atoms with E-state index in [2.05, 4.69) is 15.2 Å². The molecule has 0 aromatic carbocycles. The summed E-state index contributed by atoms with van der Waals surface area (Å²) in [6.45, 7) is 0.570. The smallest absolute Gasteiger partial charge is 0.422 e. The molecule has 0 atom stereocenters. The maximum atomic E-state index is 15.6. The fraction of sp³-hybridized carbons (Fsp3) is 0.577. The highest BCUT2D eigenvalue weighted by Crippen LogP contribution is 2.35. The van der Waals surface area contributed by atoms with Crippen LogP contribution in [-0.4, -0.2) is 64.5 Å². The number of nitrogens with one attached hydrogen (secondary N) is 1. The first-order valence-corrected chi connectivity index (χ1v) is 12.6. The van der Waals surface area contributed by atoms with Crippen molar-refractivity contribution in [2.24, 2.45) is 7.05 Å². The molecule has 3 heterocycles. The van der Waals surface area contributed by atoms with Crippen molar-refractivity contribution >= 4 is 5.91 Å². The molecule has 0 unspecified atom stereocenters. The van der Waals surface area contributed by atoms with Crippen molar-refractivity contribution in [3.8, 4) is 5.88 Å². The van der Waals surface area contributed by atoms with Crippen LogP contribution in [0, 0.1) is 0 Å². The van der Waals surface area contributed by atoms with E-state index in [-0.39, 0.29) is 29.1 Å². The van der Waals surface area contributed by atoms with Crippen LogP contribution in [0.2, 0.25) is 0 Å². The third-order valence-electron chi connectivity index (χ3n) is 7.30. The minimum atomic E-state index is -4.42. The van der Waals surface area contributed by atoms with Gasteiger partial charge in [0, 0.05) is 57.0 Å². The lowest BCUT2D eigenvalue weighted by atomic mass is 9.81. The molecule has 1 aliphatic heterocycles. The monoisotopic (exact) mass is 524 g/mol. The van der Waals surface area contributed by atoms with Gasteiger partial charge in [0.2, 0.25) is 5.88 Å². The van der Waals surface area contributed by atoms with Crippen molar-refractivity contribution in [2.75, 3.05) is 26.2 Å². The third-order valence-corrected chi connectivity index (χ3v) is 7.30. The fourth-order valence-electron chi connectivity index (χ4n) is 5.01. The lowest BCUT2D eigenvalue weighted by Gasteiger charge is -2.35. The summed E-state index contributed by atoms with van der Waals surface area (Å²) in [5.74, 6) is -0.369. The molecule has 37 heavy (non-hydrogen) atoms. The number of nitrogens with zero attached hydrogens (tertiary/aromatic N) is 3. The quantitative estimate of drug-likeness (QED) is 0.561. The van der Waals surface area contributed by atoms with Gasteiger partial charge in [-0.25, -0.2) is 9.37 Å². The number of fused-ring (bicyclic) bond motifs is 1. The molecule has 202 valence electrons. The zero-order chi connectivity index (χ0) is 26.6. The molecule has 2 aromatic rings. The minimum Gasteiger partial charge on any atom is -0.468 e. The molecule has 2 aliphatic rings. The van der Waals surface area contributed by atoms with Crippen LogP contribution < -0.4 is 15.6 Å². The first kappa shape index (κ1) is 27.1. The van der Waals surface area contributed by atoms with Gasteiger partial charge in [0.1, 0.15) is 11.4 Å². The van der Waals surface area contributed by atoms with Crippen molar-refractivity contribution in [3.05, 3.63) is 57.6 Å². The van der Waals surface area contributed by atoms with E-state index in [0.29, 0.717) is 58.0 Å². The Labute approximate surface area is 212 Å². The Morgan fingerprint density at radius 1 is 1.16 bits per heavy atom. The second kappa shape index (κ2) is 11.2. The number of hydrogen-bond donors (Lipinski definition) is 1. The normalized spacial score (nSPS) is 22.7. The lowest BCUT2D eigenvalue weighted by Crippen LogP contribution is -2.44. The molecule has 1 aliphatic carbocycles. The maximum Gasteiger partial charge on any atom is 0.422 e. The largest absolute Gasteiger partial charge is 0.468 e. The van der Waals surface area contributed by atoms with Crippen molar-refractivity contribution in [2.45, 2.75) is 62.8 Å². The van der Waals surface area contributed by atoms with Gasteiger partial charge in [-0.1, -0.05) is 12.1 Å². The van der Waals surface area contributed by atoms with Gasteiger partial charge in [0.15, 0.2) is 6.61 Å². The highest BCUT2D eigenvalue weighted by molar-refractivity contribution is 5.92. The Hall–Kier alpha value is -2.95. The number of hydrogen-bond acceptors (Lipinski definition) is 5. The number of alkyl halides is 4. The van der Waals surface area contributed by atoms with Gasteiger partial charge >= 0.3 is 6.18 Å². The van der Waals surface area contributed by atoms with E-state index >= 15 is 4.39 Å². The van der Waals surface area contributed by atoms with Gasteiger partial charge in [-0.15, -0.1) is 0 Å². The molecule has 0 radical (unpaired) electrons. The summed E-state index contributed by atoms with van der Waals surface area (Å²) < 4.78 is 58.9.